The number of hydrogen-bond donors (Lipinski definition) is 0. The average Bonchev–Trinajstić information content (AvgIpc) is 2.67. The van der Waals surface area contributed by atoms with Gasteiger partial charge in [0.1, 0.15) is 0 Å². The van der Waals surface area contributed by atoms with Gasteiger partial charge >= 0.3 is 0 Å². The highest BCUT2D eigenvalue weighted by atomic mass is 16.6. The van der Waals surface area contributed by atoms with Gasteiger partial charge < -0.3 is 9.47 Å². The lowest BCUT2D eigenvalue weighted by Crippen LogP contribution is -2.40. The van der Waals surface area contributed by atoms with Gasteiger partial charge in [0, 0.05) is 19.6 Å². The van der Waals surface area contributed by atoms with Gasteiger partial charge in [-0.15, -0.1) is 0 Å². The maximum Gasteiger partial charge on any atom is 0.0983 e. The van der Waals surface area contributed by atoms with Crippen LogP contribution in [-0.4, -0.2) is 41.4 Å². The van der Waals surface area contributed by atoms with Gasteiger partial charge in [-0.3, -0.25) is 4.90 Å². The predicted octanol–water partition coefficient (Wildman–Crippen LogP) is 3.87. The molecule has 0 spiro atoms. The molecular weight excluding hydrogens is 274 g/mol. The van der Waals surface area contributed by atoms with Gasteiger partial charge in [-0.25, -0.2) is 0 Å². The van der Waals surface area contributed by atoms with Gasteiger partial charge in [0.2, 0.25) is 0 Å². The maximum absolute atomic E-state index is 6.26. The first-order chi connectivity index (χ1) is 10.1. The summed E-state index contributed by atoms with van der Waals surface area (Å²) in [7, 11) is 0. The van der Waals surface area contributed by atoms with Crippen LogP contribution < -0.4 is 0 Å². The Bertz CT molecular complexity index is 435. The average molecular weight is 305 g/mol. The molecule has 124 valence electrons. The van der Waals surface area contributed by atoms with Crippen LogP contribution in [0.1, 0.15) is 47.1 Å². The monoisotopic (exact) mass is 305 g/mol. The highest BCUT2D eigenvalue weighted by molar-refractivity contribution is 5.14. The zero-order valence-corrected chi connectivity index (χ0v) is 14.9. The third-order valence-corrected chi connectivity index (χ3v) is 3.55. The molecule has 3 heteroatoms. The van der Waals surface area contributed by atoms with Crippen molar-refractivity contribution >= 4 is 0 Å². The fourth-order valence-electron chi connectivity index (χ4n) is 2.92. The van der Waals surface area contributed by atoms with Crippen molar-refractivity contribution in [2.24, 2.45) is 0 Å². The molecule has 0 bridgehead atoms. The van der Waals surface area contributed by atoms with E-state index in [0.29, 0.717) is 0 Å². The van der Waals surface area contributed by atoms with Crippen molar-refractivity contribution in [3.63, 3.8) is 0 Å². The van der Waals surface area contributed by atoms with E-state index in [1.54, 1.807) is 0 Å². The van der Waals surface area contributed by atoms with Crippen LogP contribution in [-0.2, 0) is 16.0 Å². The first kappa shape index (κ1) is 17.5. The van der Waals surface area contributed by atoms with Crippen LogP contribution in [0.2, 0.25) is 0 Å². The zero-order chi connectivity index (χ0) is 16.4. The third kappa shape index (κ3) is 5.71. The van der Waals surface area contributed by atoms with Crippen LogP contribution >= 0.6 is 0 Å². The van der Waals surface area contributed by atoms with Crippen molar-refractivity contribution in [3.8, 4) is 0 Å². The smallest absolute Gasteiger partial charge is 0.0983 e. The highest BCUT2D eigenvalue weighted by Gasteiger charge is 2.38. The standard InChI is InChI=1S/C19H31NO2/c1-18(2,3)21-16-13-20(12-15-10-8-7-9-11-15)14-17(16)22-19(4,5)6/h7-11,16-17H,12-14H2,1-6H3/t16-,17-/m1/s1. The molecule has 2 atom stereocenters. The lowest BCUT2D eigenvalue weighted by molar-refractivity contribution is -0.142. The summed E-state index contributed by atoms with van der Waals surface area (Å²) in [6, 6.07) is 10.6. The van der Waals surface area contributed by atoms with Gasteiger partial charge in [-0.1, -0.05) is 30.3 Å². The van der Waals surface area contributed by atoms with E-state index < -0.39 is 0 Å². The molecule has 0 unspecified atom stereocenters. The molecule has 3 nitrogen and oxygen atoms in total. The SMILES string of the molecule is CC(C)(C)O[C@@H]1CN(Cc2ccccc2)C[C@H]1OC(C)(C)C. The van der Waals surface area contributed by atoms with Crippen molar-refractivity contribution in [1.82, 2.24) is 4.90 Å². The molecule has 1 aromatic carbocycles. The summed E-state index contributed by atoms with van der Waals surface area (Å²) in [6.45, 7) is 15.5. The number of rotatable bonds is 4. The zero-order valence-electron chi connectivity index (χ0n) is 14.9. The van der Waals surface area contributed by atoms with E-state index in [1.165, 1.54) is 5.56 Å². The first-order valence-electron chi connectivity index (χ1n) is 8.24. The van der Waals surface area contributed by atoms with Gasteiger partial charge in [-0.2, -0.15) is 0 Å². The fraction of sp³-hybridized carbons (Fsp3) is 0.684. The maximum atomic E-state index is 6.26. The predicted molar refractivity (Wildman–Crippen MR) is 91.0 cm³/mol. The first-order valence-corrected chi connectivity index (χ1v) is 8.24. The minimum absolute atomic E-state index is 0.128. The number of ether oxygens (including phenoxy) is 2. The molecule has 0 aliphatic carbocycles. The van der Waals surface area contributed by atoms with Crippen LogP contribution in [0.5, 0.6) is 0 Å². The molecule has 0 amide bonds. The summed E-state index contributed by atoms with van der Waals surface area (Å²) >= 11 is 0. The number of hydrogen-bond acceptors (Lipinski definition) is 3. The van der Waals surface area contributed by atoms with Crippen LogP contribution in [0.25, 0.3) is 0 Å². The van der Waals surface area contributed by atoms with Gasteiger partial charge in [-0.05, 0) is 47.1 Å². The van der Waals surface area contributed by atoms with E-state index in [9.17, 15) is 0 Å². The van der Waals surface area contributed by atoms with Crippen LogP contribution in [0, 0.1) is 0 Å². The summed E-state index contributed by atoms with van der Waals surface area (Å²) < 4.78 is 12.5. The Morgan fingerprint density at radius 2 is 1.32 bits per heavy atom. The van der Waals surface area contributed by atoms with Gasteiger partial charge in [0.15, 0.2) is 0 Å². The van der Waals surface area contributed by atoms with E-state index >= 15 is 0 Å². The molecule has 0 aromatic heterocycles. The van der Waals surface area contributed by atoms with Crippen molar-refractivity contribution in [3.05, 3.63) is 35.9 Å². The Labute approximate surface area is 135 Å². The molecule has 2 rings (SSSR count). The molecule has 0 saturated carbocycles. The van der Waals surface area contributed by atoms with Crippen molar-refractivity contribution in [1.29, 1.82) is 0 Å². The van der Waals surface area contributed by atoms with Crippen molar-refractivity contribution in [2.75, 3.05) is 13.1 Å². The molecule has 1 aromatic rings. The van der Waals surface area contributed by atoms with E-state index in [2.05, 4.69) is 76.8 Å². The van der Waals surface area contributed by atoms with Crippen LogP contribution in [0.15, 0.2) is 30.3 Å². The topological polar surface area (TPSA) is 21.7 Å². The van der Waals surface area contributed by atoms with Gasteiger partial charge in [0.05, 0.1) is 23.4 Å². The van der Waals surface area contributed by atoms with E-state index in [0.717, 1.165) is 19.6 Å². The lowest BCUT2D eigenvalue weighted by atomic mass is 10.1. The van der Waals surface area contributed by atoms with Gasteiger partial charge in [0.25, 0.3) is 0 Å². The molecule has 22 heavy (non-hydrogen) atoms. The minimum atomic E-state index is -0.146. The highest BCUT2D eigenvalue weighted by Crippen LogP contribution is 2.26. The van der Waals surface area contributed by atoms with E-state index in [-0.39, 0.29) is 23.4 Å². The second-order valence-corrected chi connectivity index (χ2v) is 8.22. The summed E-state index contributed by atoms with van der Waals surface area (Å²) in [5.41, 5.74) is 1.05. The quantitative estimate of drug-likeness (QED) is 0.843. The molecule has 1 fully saturated rings. The molecule has 1 saturated heterocycles. The Hall–Kier alpha value is -0.900. The van der Waals surface area contributed by atoms with Crippen molar-refractivity contribution < 1.29 is 9.47 Å². The Balaban J connectivity index is 2.03. The fourth-order valence-corrected chi connectivity index (χ4v) is 2.92. The molecule has 1 aliphatic rings. The summed E-state index contributed by atoms with van der Waals surface area (Å²) in [6.07, 6.45) is 0.255. The number of nitrogens with zero attached hydrogens (tertiary/aromatic N) is 1. The second-order valence-electron chi connectivity index (χ2n) is 8.22. The Kier molecular flexibility index (Phi) is 5.31. The van der Waals surface area contributed by atoms with Crippen LogP contribution in [0.3, 0.4) is 0 Å². The largest absolute Gasteiger partial charge is 0.369 e. The van der Waals surface area contributed by atoms with Crippen LogP contribution in [0.4, 0.5) is 0 Å². The van der Waals surface area contributed by atoms with Crippen molar-refractivity contribution in [2.45, 2.75) is 71.5 Å². The number of benzene rings is 1. The summed E-state index contributed by atoms with van der Waals surface area (Å²) in [5.74, 6) is 0. The molecule has 0 radical (unpaired) electrons. The molecule has 1 heterocycles. The second kappa shape index (κ2) is 6.69. The molecule has 1 aliphatic heterocycles. The summed E-state index contributed by atoms with van der Waals surface area (Å²) in [4.78, 5) is 2.43. The normalized spacial score (nSPS) is 23.9. The minimum Gasteiger partial charge on any atom is -0.369 e. The Morgan fingerprint density at radius 1 is 0.864 bits per heavy atom. The molecular formula is C19H31NO2. The van der Waals surface area contributed by atoms with E-state index in [1.807, 2.05) is 0 Å². The Morgan fingerprint density at radius 3 is 1.73 bits per heavy atom. The number of likely N-dealkylation sites (tertiary alicyclic amines) is 1. The molecule has 0 N–H and O–H groups in total. The summed E-state index contributed by atoms with van der Waals surface area (Å²) in [5, 5.41) is 0. The lowest BCUT2D eigenvalue weighted by Gasteiger charge is -2.32. The van der Waals surface area contributed by atoms with E-state index in [4.69, 9.17) is 9.47 Å². The third-order valence-electron chi connectivity index (χ3n) is 3.55.